The van der Waals surface area contributed by atoms with Crippen LogP contribution >= 0.6 is 0 Å². The maximum Gasteiger partial charge on any atom is 0.310 e. The lowest BCUT2D eigenvalue weighted by atomic mass is 9.99. The van der Waals surface area contributed by atoms with E-state index in [-0.39, 0.29) is 24.2 Å². The molecule has 0 aliphatic rings. The first-order valence-corrected chi connectivity index (χ1v) is 5.28. The Hall–Kier alpha value is -1.42. The molecule has 1 aromatic rings. The van der Waals surface area contributed by atoms with Crippen molar-refractivity contribution >= 4 is 5.97 Å². The predicted molar refractivity (Wildman–Crippen MR) is 59.3 cm³/mol. The number of carbonyl (C=O) groups excluding carboxylic acids is 1. The van der Waals surface area contributed by atoms with Gasteiger partial charge in [-0.25, -0.2) is 4.39 Å². The third kappa shape index (κ3) is 3.62. The van der Waals surface area contributed by atoms with E-state index in [1.165, 1.54) is 12.1 Å². The van der Waals surface area contributed by atoms with Crippen LogP contribution in [0.5, 0.6) is 0 Å². The molecule has 0 saturated carbocycles. The highest BCUT2D eigenvalue weighted by molar-refractivity contribution is 5.73. The van der Waals surface area contributed by atoms with E-state index in [1.807, 2.05) is 0 Å². The number of benzene rings is 1. The summed E-state index contributed by atoms with van der Waals surface area (Å²) in [4.78, 5) is 11.5. The third-order valence-electron chi connectivity index (χ3n) is 2.30. The number of ether oxygens (including phenoxy) is 1. The summed E-state index contributed by atoms with van der Waals surface area (Å²) >= 11 is 0. The maximum absolute atomic E-state index is 12.7. The second kappa shape index (κ2) is 6.23. The van der Waals surface area contributed by atoms with Crippen LogP contribution in [0.2, 0.25) is 0 Å². The zero-order chi connectivity index (χ0) is 12.0. The van der Waals surface area contributed by atoms with E-state index in [1.54, 1.807) is 19.1 Å². The molecule has 88 valence electrons. The van der Waals surface area contributed by atoms with Crippen molar-refractivity contribution in [3.63, 3.8) is 0 Å². The van der Waals surface area contributed by atoms with Crippen molar-refractivity contribution < 1.29 is 13.9 Å². The van der Waals surface area contributed by atoms with Crippen molar-refractivity contribution in [3.8, 4) is 0 Å². The van der Waals surface area contributed by atoms with Crippen LogP contribution < -0.4 is 5.73 Å². The number of esters is 1. The molecule has 1 rings (SSSR count). The fraction of sp³-hybridized carbons (Fsp3) is 0.417. The van der Waals surface area contributed by atoms with Gasteiger partial charge in [-0.15, -0.1) is 0 Å². The number of halogens is 1. The molecule has 0 aliphatic carbocycles. The molecule has 0 aromatic heterocycles. The lowest BCUT2D eigenvalue weighted by Crippen LogP contribution is -2.27. The van der Waals surface area contributed by atoms with E-state index in [0.717, 1.165) is 5.56 Å². The minimum Gasteiger partial charge on any atom is -0.466 e. The summed E-state index contributed by atoms with van der Waals surface area (Å²) in [7, 11) is 0. The Bertz CT molecular complexity index is 337. The second-order valence-electron chi connectivity index (χ2n) is 3.52. The van der Waals surface area contributed by atoms with Crippen LogP contribution in [0.4, 0.5) is 4.39 Å². The summed E-state index contributed by atoms with van der Waals surface area (Å²) in [6.45, 7) is 2.33. The van der Waals surface area contributed by atoms with Crippen molar-refractivity contribution in [3.05, 3.63) is 35.6 Å². The molecule has 3 nitrogen and oxygen atoms in total. The average molecular weight is 225 g/mol. The molecule has 0 amide bonds. The Morgan fingerprint density at radius 3 is 2.56 bits per heavy atom. The number of hydrogen-bond acceptors (Lipinski definition) is 3. The van der Waals surface area contributed by atoms with Crippen LogP contribution in [0.25, 0.3) is 0 Å². The van der Waals surface area contributed by atoms with Gasteiger partial charge in [0.2, 0.25) is 0 Å². The van der Waals surface area contributed by atoms with Crippen molar-refractivity contribution in [2.75, 3.05) is 13.2 Å². The van der Waals surface area contributed by atoms with E-state index in [4.69, 9.17) is 10.5 Å². The molecule has 0 fully saturated rings. The first kappa shape index (κ1) is 12.6. The standard InChI is InChI=1S/C12H16FNO2/c1-2-16-12(15)10(8-14)7-9-3-5-11(13)6-4-9/h3-6,10H,2,7-8,14H2,1H3/t10-/m1/s1. The Labute approximate surface area is 94.4 Å². The normalized spacial score (nSPS) is 12.2. The average Bonchev–Trinajstić information content (AvgIpc) is 2.28. The fourth-order valence-corrected chi connectivity index (χ4v) is 1.43. The monoisotopic (exact) mass is 225 g/mol. The van der Waals surface area contributed by atoms with Gasteiger partial charge in [0.15, 0.2) is 0 Å². The van der Waals surface area contributed by atoms with E-state index in [9.17, 15) is 9.18 Å². The Balaban J connectivity index is 2.62. The van der Waals surface area contributed by atoms with Gasteiger partial charge in [-0.1, -0.05) is 12.1 Å². The SMILES string of the molecule is CCOC(=O)[C@@H](CN)Cc1ccc(F)cc1. The van der Waals surface area contributed by atoms with Gasteiger partial charge in [0.05, 0.1) is 12.5 Å². The molecule has 0 heterocycles. The summed E-state index contributed by atoms with van der Waals surface area (Å²) in [5.74, 6) is -0.941. The molecule has 0 saturated heterocycles. The summed E-state index contributed by atoms with van der Waals surface area (Å²) < 4.78 is 17.6. The van der Waals surface area contributed by atoms with Gasteiger partial charge in [-0.05, 0) is 31.0 Å². The van der Waals surface area contributed by atoms with Gasteiger partial charge >= 0.3 is 5.97 Å². The summed E-state index contributed by atoms with van der Waals surface area (Å²) in [5, 5.41) is 0. The predicted octanol–water partition coefficient (Wildman–Crippen LogP) is 1.51. The molecule has 0 aliphatic heterocycles. The zero-order valence-electron chi connectivity index (χ0n) is 9.28. The molecular weight excluding hydrogens is 209 g/mol. The Morgan fingerprint density at radius 2 is 2.06 bits per heavy atom. The van der Waals surface area contributed by atoms with Crippen LogP contribution in [0.15, 0.2) is 24.3 Å². The quantitative estimate of drug-likeness (QED) is 0.773. The zero-order valence-corrected chi connectivity index (χ0v) is 9.28. The number of rotatable bonds is 5. The smallest absolute Gasteiger partial charge is 0.310 e. The molecular formula is C12H16FNO2. The van der Waals surface area contributed by atoms with E-state index >= 15 is 0 Å². The van der Waals surface area contributed by atoms with Gasteiger partial charge in [-0.3, -0.25) is 4.79 Å². The highest BCUT2D eigenvalue weighted by atomic mass is 19.1. The summed E-state index contributed by atoms with van der Waals surface area (Å²) in [5.41, 5.74) is 6.39. The highest BCUT2D eigenvalue weighted by Crippen LogP contribution is 2.10. The summed E-state index contributed by atoms with van der Waals surface area (Å²) in [6.07, 6.45) is 0.482. The van der Waals surface area contributed by atoms with Crippen molar-refractivity contribution in [1.82, 2.24) is 0 Å². The van der Waals surface area contributed by atoms with Crippen LogP contribution in [0.3, 0.4) is 0 Å². The molecule has 0 bridgehead atoms. The lowest BCUT2D eigenvalue weighted by molar-refractivity contribution is -0.147. The molecule has 0 radical (unpaired) electrons. The lowest BCUT2D eigenvalue weighted by Gasteiger charge is -2.13. The minimum absolute atomic E-state index is 0.232. The Kier molecular flexibility index (Phi) is 4.92. The topological polar surface area (TPSA) is 52.3 Å². The first-order valence-electron chi connectivity index (χ1n) is 5.28. The molecule has 4 heteroatoms. The molecule has 16 heavy (non-hydrogen) atoms. The largest absolute Gasteiger partial charge is 0.466 e. The number of hydrogen-bond donors (Lipinski definition) is 1. The van der Waals surface area contributed by atoms with Crippen LogP contribution in [-0.4, -0.2) is 19.1 Å². The number of nitrogens with two attached hydrogens (primary N) is 1. The van der Waals surface area contributed by atoms with E-state index in [0.29, 0.717) is 13.0 Å². The van der Waals surface area contributed by atoms with Crippen LogP contribution in [0, 0.1) is 11.7 Å². The van der Waals surface area contributed by atoms with Gasteiger partial charge in [0.1, 0.15) is 5.82 Å². The van der Waals surface area contributed by atoms with Gasteiger partial charge in [0.25, 0.3) is 0 Å². The van der Waals surface area contributed by atoms with E-state index in [2.05, 4.69) is 0 Å². The van der Waals surface area contributed by atoms with Crippen molar-refractivity contribution in [2.24, 2.45) is 11.7 Å². The number of carbonyl (C=O) groups is 1. The van der Waals surface area contributed by atoms with Crippen molar-refractivity contribution in [2.45, 2.75) is 13.3 Å². The second-order valence-corrected chi connectivity index (χ2v) is 3.52. The molecule has 2 N–H and O–H groups in total. The fourth-order valence-electron chi connectivity index (χ4n) is 1.43. The van der Waals surface area contributed by atoms with Gasteiger partial charge < -0.3 is 10.5 Å². The molecule has 1 atom stereocenters. The van der Waals surface area contributed by atoms with Crippen LogP contribution in [-0.2, 0) is 16.0 Å². The maximum atomic E-state index is 12.7. The van der Waals surface area contributed by atoms with Crippen LogP contribution in [0.1, 0.15) is 12.5 Å². The van der Waals surface area contributed by atoms with Gasteiger partial charge in [0, 0.05) is 6.54 Å². The Morgan fingerprint density at radius 1 is 1.44 bits per heavy atom. The first-order chi connectivity index (χ1) is 7.67. The van der Waals surface area contributed by atoms with Gasteiger partial charge in [-0.2, -0.15) is 0 Å². The molecule has 0 unspecified atom stereocenters. The van der Waals surface area contributed by atoms with Crippen molar-refractivity contribution in [1.29, 1.82) is 0 Å². The minimum atomic E-state index is -0.356. The summed E-state index contributed by atoms with van der Waals surface area (Å²) in [6, 6.07) is 6.04. The molecule has 0 spiro atoms. The van der Waals surface area contributed by atoms with E-state index < -0.39 is 0 Å². The molecule has 1 aromatic carbocycles. The highest BCUT2D eigenvalue weighted by Gasteiger charge is 2.18. The third-order valence-corrected chi connectivity index (χ3v) is 2.30.